The number of thiophene rings is 1. The molecular weight excluding hydrogens is 226 g/mol. The molecule has 2 atom stereocenters. The smallest absolute Gasteiger partial charge is 0.0109 e. The molecule has 0 aromatic carbocycles. The lowest BCUT2D eigenvalue weighted by atomic mass is 9.77. The first-order chi connectivity index (χ1) is 8.18. The van der Waals surface area contributed by atoms with E-state index in [1.165, 1.54) is 37.8 Å². The molecule has 1 saturated carbocycles. The van der Waals surface area contributed by atoms with Gasteiger partial charge in [0.1, 0.15) is 0 Å². The zero-order chi connectivity index (χ0) is 12.3. The fourth-order valence-electron chi connectivity index (χ4n) is 2.95. The number of hydrogen-bond donors (Lipinski definition) is 1. The Bertz CT molecular complexity index is 342. The molecule has 0 radical (unpaired) electrons. The highest BCUT2D eigenvalue weighted by Gasteiger charge is 2.28. The highest BCUT2D eigenvalue weighted by Crippen LogP contribution is 2.40. The maximum absolute atomic E-state index is 3.63. The van der Waals surface area contributed by atoms with Crippen LogP contribution in [0.3, 0.4) is 0 Å². The van der Waals surface area contributed by atoms with Crippen molar-refractivity contribution in [1.82, 2.24) is 5.32 Å². The van der Waals surface area contributed by atoms with Crippen molar-refractivity contribution in [2.45, 2.75) is 58.4 Å². The van der Waals surface area contributed by atoms with Crippen LogP contribution < -0.4 is 5.32 Å². The Labute approximate surface area is 110 Å². The number of rotatable bonds is 4. The predicted octanol–water partition coefficient (Wildman–Crippen LogP) is 4.33. The van der Waals surface area contributed by atoms with Gasteiger partial charge in [0.25, 0.3) is 0 Å². The average Bonchev–Trinajstić information content (AvgIpc) is 2.73. The van der Waals surface area contributed by atoms with E-state index in [1.807, 2.05) is 11.3 Å². The van der Waals surface area contributed by atoms with Crippen LogP contribution in [-0.4, -0.2) is 12.6 Å². The van der Waals surface area contributed by atoms with Gasteiger partial charge in [-0.05, 0) is 55.2 Å². The minimum absolute atomic E-state index is 0.613. The minimum atomic E-state index is 0.613. The monoisotopic (exact) mass is 251 g/mol. The van der Waals surface area contributed by atoms with E-state index >= 15 is 0 Å². The number of aryl methyl sites for hydroxylation is 1. The number of nitrogens with one attached hydrogen (secondary N) is 1. The van der Waals surface area contributed by atoms with Crippen LogP contribution in [0.25, 0.3) is 0 Å². The van der Waals surface area contributed by atoms with E-state index in [4.69, 9.17) is 0 Å². The summed E-state index contributed by atoms with van der Waals surface area (Å²) in [4.78, 5) is 1.65. The molecule has 0 aliphatic heterocycles. The van der Waals surface area contributed by atoms with Crippen LogP contribution in [0.4, 0.5) is 0 Å². The molecule has 1 fully saturated rings. The van der Waals surface area contributed by atoms with E-state index in [0.29, 0.717) is 6.04 Å². The lowest BCUT2D eigenvalue weighted by Crippen LogP contribution is -2.33. The molecule has 1 heterocycles. The van der Waals surface area contributed by atoms with Crippen molar-refractivity contribution in [1.29, 1.82) is 0 Å². The van der Waals surface area contributed by atoms with Gasteiger partial charge in [0, 0.05) is 10.9 Å². The lowest BCUT2D eigenvalue weighted by Gasteiger charge is -2.32. The standard InChI is InChI=1S/C15H25NS/c1-11(2)16-10-13-6-4-5-7-14(13)15-12(3)8-9-17-15/h8-9,11,13-14,16H,4-7,10H2,1-3H3. The average molecular weight is 251 g/mol. The third-order valence-electron chi connectivity index (χ3n) is 3.94. The first-order valence-electron chi connectivity index (χ1n) is 6.96. The van der Waals surface area contributed by atoms with Crippen molar-refractivity contribution < 1.29 is 0 Å². The molecule has 2 heteroatoms. The quantitative estimate of drug-likeness (QED) is 0.840. The molecule has 17 heavy (non-hydrogen) atoms. The van der Waals surface area contributed by atoms with E-state index in [2.05, 4.69) is 37.5 Å². The molecule has 2 rings (SSSR count). The Hall–Kier alpha value is -0.340. The first kappa shape index (κ1) is 13.1. The fourth-order valence-corrected chi connectivity index (χ4v) is 4.11. The summed E-state index contributed by atoms with van der Waals surface area (Å²) in [5.74, 6) is 1.67. The largest absolute Gasteiger partial charge is 0.314 e. The Morgan fingerprint density at radius 2 is 2.12 bits per heavy atom. The van der Waals surface area contributed by atoms with E-state index in [-0.39, 0.29) is 0 Å². The topological polar surface area (TPSA) is 12.0 Å². The van der Waals surface area contributed by atoms with Crippen LogP contribution in [0.1, 0.15) is 55.9 Å². The third kappa shape index (κ3) is 3.32. The highest BCUT2D eigenvalue weighted by atomic mass is 32.1. The van der Waals surface area contributed by atoms with Crippen LogP contribution in [0.2, 0.25) is 0 Å². The summed E-state index contributed by atoms with van der Waals surface area (Å²) in [6.07, 6.45) is 5.64. The molecule has 1 nitrogen and oxygen atoms in total. The van der Waals surface area contributed by atoms with Gasteiger partial charge in [-0.1, -0.05) is 26.7 Å². The van der Waals surface area contributed by atoms with Crippen LogP contribution in [0.5, 0.6) is 0 Å². The summed E-state index contributed by atoms with van der Waals surface area (Å²) in [5.41, 5.74) is 1.51. The second kappa shape index (κ2) is 6.01. The summed E-state index contributed by atoms with van der Waals surface area (Å²) < 4.78 is 0. The van der Waals surface area contributed by atoms with Crippen LogP contribution >= 0.6 is 11.3 Å². The van der Waals surface area contributed by atoms with Crippen LogP contribution in [-0.2, 0) is 0 Å². The molecule has 96 valence electrons. The van der Waals surface area contributed by atoms with Crippen molar-refractivity contribution in [2.24, 2.45) is 5.92 Å². The normalized spacial score (nSPS) is 25.4. The van der Waals surface area contributed by atoms with Gasteiger partial charge in [0.05, 0.1) is 0 Å². The maximum Gasteiger partial charge on any atom is 0.0109 e. The summed E-state index contributed by atoms with van der Waals surface area (Å²) in [6.45, 7) is 7.95. The third-order valence-corrected chi connectivity index (χ3v) is 5.09. The second-order valence-electron chi connectivity index (χ2n) is 5.68. The molecule has 0 amide bonds. The summed E-state index contributed by atoms with van der Waals surface area (Å²) in [5, 5.41) is 5.89. The minimum Gasteiger partial charge on any atom is -0.314 e. The summed E-state index contributed by atoms with van der Waals surface area (Å²) in [6, 6.07) is 2.89. The molecule has 2 unspecified atom stereocenters. The zero-order valence-corrected chi connectivity index (χ0v) is 12.1. The molecule has 1 aromatic rings. The van der Waals surface area contributed by atoms with Crippen molar-refractivity contribution >= 4 is 11.3 Å². The van der Waals surface area contributed by atoms with Gasteiger partial charge >= 0.3 is 0 Å². The van der Waals surface area contributed by atoms with Crippen LogP contribution in [0, 0.1) is 12.8 Å². The Morgan fingerprint density at radius 3 is 2.76 bits per heavy atom. The molecule has 1 aliphatic rings. The Balaban J connectivity index is 2.04. The molecule has 0 spiro atoms. The van der Waals surface area contributed by atoms with E-state index < -0.39 is 0 Å². The van der Waals surface area contributed by atoms with Gasteiger partial charge in [-0.2, -0.15) is 0 Å². The van der Waals surface area contributed by atoms with Gasteiger partial charge in [0.2, 0.25) is 0 Å². The molecule has 1 N–H and O–H groups in total. The van der Waals surface area contributed by atoms with Crippen molar-refractivity contribution in [3.63, 3.8) is 0 Å². The molecule has 1 aromatic heterocycles. The molecule has 0 saturated heterocycles. The summed E-state index contributed by atoms with van der Waals surface area (Å²) in [7, 11) is 0. The second-order valence-corrected chi connectivity index (χ2v) is 6.63. The molecule has 0 bridgehead atoms. The van der Waals surface area contributed by atoms with Crippen molar-refractivity contribution in [3.05, 3.63) is 21.9 Å². The highest BCUT2D eigenvalue weighted by molar-refractivity contribution is 7.10. The van der Waals surface area contributed by atoms with E-state index in [0.717, 1.165) is 11.8 Å². The summed E-state index contributed by atoms with van der Waals surface area (Å²) >= 11 is 1.97. The van der Waals surface area contributed by atoms with E-state index in [1.54, 1.807) is 4.88 Å². The molecule has 1 aliphatic carbocycles. The van der Waals surface area contributed by atoms with Crippen molar-refractivity contribution in [2.75, 3.05) is 6.54 Å². The zero-order valence-electron chi connectivity index (χ0n) is 11.3. The van der Waals surface area contributed by atoms with Gasteiger partial charge in [-0.3, -0.25) is 0 Å². The molecular formula is C15H25NS. The first-order valence-corrected chi connectivity index (χ1v) is 7.84. The van der Waals surface area contributed by atoms with Crippen molar-refractivity contribution in [3.8, 4) is 0 Å². The van der Waals surface area contributed by atoms with E-state index in [9.17, 15) is 0 Å². The van der Waals surface area contributed by atoms with Gasteiger partial charge in [0.15, 0.2) is 0 Å². The SMILES string of the molecule is Cc1ccsc1C1CCCCC1CNC(C)C. The van der Waals surface area contributed by atoms with Crippen LogP contribution in [0.15, 0.2) is 11.4 Å². The Morgan fingerprint density at radius 1 is 1.35 bits per heavy atom. The predicted molar refractivity (Wildman–Crippen MR) is 76.9 cm³/mol. The van der Waals surface area contributed by atoms with Gasteiger partial charge in [-0.15, -0.1) is 11.3 Å². The lowest BCUT2D eigenvalue weighted by molar-refractivity contribution is 0.292. The number of hydrogen-bond acceptors (Lipinski definition) is 2. The maximum atomic E-state index is 3.63. The fraction of sp³-hybridized carbons (Fsp3) is 0.733. The van der Waals surface area contributed by atoms with Gasteiger partial charge < -0.3 is 5.32 Å². The van der Waals surface area contributed by atoms with Gasteiger partial charge in [-0.25, -0.2) is 0 Å². The Kier molecular flexibility index (Phi) is 4.63.